The van der Waals surface area contributed by atoms with Gasteiger partial charge < -0.3 is 10.4 Å². The summed E-state index contributed by atoms with van der Waals surface area (Å²) < 4.78 is 0. The zero-order chi connectivity index (χ0) is 13.2. The van der Waals surface area contributed by atoms with E-state index in [-0.39, 0.29) is 12.1 Å². The highest BCUT2D eigenvalue weighted by atomic mass is 16.3. The van der Waals surface area contributed by atoms with Gasteiger partial charge in [0.05, 0.1) is 12.1 Å². The molecular weight excluding hydrogens is 222 g/mol. The van der Waals surface area contributed by atoms with Gasteiger partial charge in [0.1, 0.15) is 0 Å². The van der Waals surface area contributed by atoms with Crippen LogP contribution >= 0.6 is 0 Å². The van der Waals surface area contributed by atoms with Crippen LogP contribution in [0, 0.1) is 12.3 Å². The lowest BCUT2D eigenvalue weighted by atomic mass is 9.68. The maximum atomic E-state index is 9.86. The zero-order valence-electron chi connectivity index (χ0n) is 11.8. The summed E-state index contributed by atoms with van der Waals surface area (Å²) >= 11 is 0. The van der Waals surface area contributed by atoms with Gasteiger partial charge in [-0.2, -0.15) is 0 Å². The largest absolute Gasteiger partial charge is 0.394 e. The monoisotopic (exact) mass is 247 g/mol. The fourth-order valence-corrected chi connectivity index (χ4v) is 3.28. The number of rotatable bonds is 3. The molecule has 18 heavy (non-hydrogen) atoms. The van der Waals surface area contributed by atoms with Crippen molar-refractivity contribution in [2.75, 3.05) is 11.9 Å². The second kappa shape index (κ2) is 4.93. The number of hydrogen-bond acceptors (Lipinski definition) is 2. The van der Waals surface area contributed by atoms with Gasteiger partial charge in [-0.3, -0.25) is 0 Å². The molecule has 1 unspecified atom stereocenters. The van der Waals surface area contributed by atoms with Crippen LogP contribution in [0.4, 0.5) is 5.69 Å². The molecule has 1 saturated carbocycles. The molecule has 1 aromatic carbocycles. The van der Waals surface area contributed by atoms with Crippen LogP contribution in [0.25, 0.3) is 0 Å². The van der Waals surface area contributed by atoms with Crippen LogP contribution in [0.5, 0.6) is 0 Å². The Labute approximate surface area is 110 Å². The van der Waals surface area contributed by atoms with Gasteiger partial charge in [0, 0.05) is 5.69 Å². The molecule has 0 radical (unpaired) electrons. The number of para-hydroxylation sites is 1. The summed E-state index contributed by atoms with van der Waals surface area (Å²) in [5.41, 5.74) is 2.57. The van der Waals surface area contributed by atoms with E-state index in [0.717, 1.165) is 18.5 Å². The van der Waals surface area contributed by atoms with Crippen LogP contribution in [0.3, 0.4) is 0 Å². The fourth-order valence-electron chi connectivity index (χ4n) is 3.28. The van der Waals surface area contributed by atoms with Crippen molar-refractivity contribution in [3.63, 3.8) is 0 Å². The first kappa shape index (κ1) is 13.4. The Hall–Kier alpha value is -1.02. The Morgan fingerprint density at radius 3 is 2.56 bits per heavy atom. The number of aliphatic hydroxyl groups excluding tert-OH is 1. The minimum Gasteiger partial charge on any atom is -0.394 e. The second-order valence-electron chi connectivity index (χ2n) is 6.57. The minimum absolute atomic E-state index is 0.145. The van der Waals surface area contributed by atoms with Crippen LogP contribution in [0.2, 0.25) is 0 Å². The number of aliphatic hydroxyl groups is 1. The van der Waals surface area contributed by atoms with Crippen molar-refractivity contribution >= 4 is 5.69 Å². The summed E-state index contributed by atoms with van der Waals surface area (Å²) in [6.07, 6.45) is 4.53. The molecule has 2 N–H and O–H groups in total. The summed E-state index contributed by atoms with van der Waals surface area (Å²) in [5, 5.41) is 13.5. The van der Waals surface area contributed by atoms with Crippen molar-refractivity contribution in [1.29, 1.82) is 0 Å². The van der Waals surface area contributed by atoms with Crippen molar-refractivity contribution in [3.05, 3.63) is 29.8 Å². The molecule has 0 amide bonds. The third-order valence-electron chi connectivity index (χ3n) is 4.17. The first-order valence-corrected chi connectivity index (χ1v) is 6.91. The molecular formula is C16H25NO. The highest BCUT2D eigenvalue weighted by Gasteiger charge is 2.39. The molecule has 0 aliphatic heterocycles. The summed E-state index contributed by atoms with van der Waals surface area (Å²) in [5.74, 6) is 0. The van der Waals surface area contributed by atoms with Crippen LogP contribution in [0.1, 0.15) is 45.1 Å². The fraction of sp³-hybridized carbons (Fsp3) is 0.625. The molecule has 0 spiro atoms. The molecule has 2 rings (SSSR count). The third-order valence-corrected chi connectivity index (χ3v) is 4.17. The second-order valence-corrected chi connectivity index (χ2v) is 6.57. The van der Waals surface area contributed by atoms with Crippen molar-refractivity contribution < 1.29 is 5.11 Å². The molecule has 2 heteroatoms. The molecule has 100 valence electrons. The molecule has 0 saturated heterocycles. The van der Waals surface area contributed by atoms with E-state index in [9.17, 15) is 5.11 Å². The molecule has 0 bridgehead atoms. The summed E-state index contributed by atoms with van der Waals surface area (Å²) in [4.78, 5) is 0. The van der Waals surface area contributed by atoms with E-state index in [1.807, 2.05) is 6.07 Å². The normalized spacial score (nSPS) is 26.9. The minimum atomic E-state index is -0.145. The molecule has 1 aliphatic rings. The topological polar surface area (TPSA) is 32.3 Å². The Morgan fingerprint density at radius 2 is 1.94 bits per heavy atom. The van der Waals surface area contributed by atoms with Gasteiger partial charge in [-0.25, -0.2) is 0 Å². The highest BCUT2D eigenvalue weighted by molar-refractivity contribution is 5.52. The van der Waals surface area contributed by atoms with E-state index in [1.54, 1.807) is 0 Å². The average molecular weight is 247 g/mol. The Kier molecular flexibility index (Phi) is 3.67. The summed E-state index contributed by atoms with van der Waals surface area (Å²) in [6.45, 7) is 6.93. The average Bonchev–Trinajstić information content (AvgIpc) is 2.31. The quantitative estimate of drug-likeness (QED) is 0.853. The molecule has 0 heterocycles. The van der Waals surface area contributed by atoms with E-state index in [2.05, 4.69) is 44.3 Å². The SMILES string of the molecule is Cc1ccccc1NC1(CO)CCCC(C)(C)C1. The van der Waals surface area contributed by atoms with E-state index in [1.165, 1.54) is 18.4 Å². The maximum absolute atomic E-state index is 9.86. The van der Waals surface area contributed by atoms with E-state index in [0.29, 0.717) is 5.41 Å². The van der Waals surface area contributed by atoms with Gasteiger partial charge >= 0.3 is 0 Å². The molecule has 1 atom stereocenters. The summed E-state index contributed by atoms with van der Waals surface area (Å²) in [7, 11) is 0. The number of hydrogen-bond donors (Lipinski definition) is 2. The Morgan fingerprint density at radius 1 is 1.22 bits per heavy atom. The lowest BCUT2D eigenvalue weighted by Gasteiger charge is -2.45. The smallest absolute Gasteiger partial charge is 0.0661 e. The van der Waals surface area contributed by atoms with Crippen LogP contribution in [-0.4, -0.2) is 17.3 Å². The van der Waals surface area contributed by atoms with E-state index >= 15 is 0 Å². The Balaban J connectivity index is 2.21. The number of benzene rings is 1. The van der Waals surface area contributed by atoms with Gasteiger partial charge in [0.2, 0.25) is 0 Å². The maximum Gasteiger partial charge on any atom is 0.0661 e. The van der Waals surface area contributed by atoms with E-state index in [4.69, 9.17) is 0 Å². The lowest BCUT2D eigenvalue weighted by molar-refractivity contribution is 0.105. The Bertz CT molecular complexity index is 413. The number of anilines is 1. The molecule has 0 aromatic heterocycles. The van der Waals surface area contributed by atoms with Gasteiger partial charge in [-0.1, -0.05) is 38.5 Å². The van der Waals surface area contributed by atoms with Crippen molar-refractivity contribution in [1.82, 2.24) is 0 Å². The first-order valence-electron chi connectivity index (χ1n) is 6.91. The molecule has 1 fully saturated rings. The highest BCUT2D eigenvalue weighted by Crippen LogP contribution is 2.42. The predicted octanol–water partition coefficient (Wildman–Crippen LogP) is 3.74. The van der Waals surface area contributed by atoms with E-state index < -0.39 is 0 Å². The standard InChI is InChI=1S/C16H25NO/c1-13-7-4-5-8-14(13)17-16(12-18)10-6-9-15(2,3)11-16/h4-5,7-8,17-18H,6,9-12H2,1-3H3. The van der Waals surface area contributed by atoms with Crippen molar-refractivity contribution in [2.24, 2.45) is 5.41 Å². The predicted molar refractivity (Wildman–Crippen MR) is 76.9 cm³/mol. The molecule has 1 aliphatic carbocycles. The van der Waals surface area contributed by atoms with Crippen LogP contribution in [-0.2, 0) is 0 Å². The first-order chi connectivity index (χ1) is 8.46. The van der Waals surface area contributed by atoms with Gasteiger partial charge in [0.15, 0.2) is 0 Å². The van der Waals surface area contributed by atoms with Gasteiger partial charge in [-0.05, 0) is 43.2 Å². The van der Waals surface area contributed by atoms with Gasteiger partial charge in [-0.15, -0.1) is 0 Å². The van der Waals surface area contributed by atoms with Crippen molar-refractivity contribution in [3.8, 4) is 0 Å². The zero-order valence-corrected chi connectivity index (χ0v) is 11.8. The van der Waals surface area contributed by atoms with Crippen LogP contribution < -0.4 is 5.32 Å². The van der Waals surface area contributed by atoms with Gasteiger partial charge in [0.25, 0.3) is 0 Å². The number of aryl methyl sites for hydroxylation is 1. The molecule has 1 aromatic rings. The third kappa shape index (κ3) is 2.86. The molecule has 2 nitrogen and oxygen atoms in total. The number of nitrogens with one attached hydrogen (secondary N) is 1. The lowest BCUT2D eigenvalue weighted by Crippen LogP contribution is -2.48. The summed E-state index contributed by atoms with van der Waals surface area (Å²) in [6, 6.07) is 8.32. The van der Waals surface area contributed by atoms with Crippen molar-refractivity contribution in [2.45, 2.75) is 52.0 Å². The van der Waals surface area contributed by atoms with Crippen LogP contribution in [0.15, 0.2) is 24.3 Å².